The maximum absolute atomic E-state index is 2.78. The van der Waals surface area contributed by atoms with Gasteiger partial charge in [-0.3, -0.25) is 0 Å². The van der Waals surface area contributed by atoms with E-state index in [0.29, 0.717) is 6.57 Å². The molecule has 0 aliphatic heterocycles. The van der Waals surface area contributed by atoms with Gasteiger partial charge in [-0.05, 0) is 0 Å². The van der Waals surface area contributed by atoms with Gasteiger partial charge >= 0.3 is 0 Å². The minimum absolute atomic E-state index is 0.419. The molecule has 0 fully saturated rings. The van der Waals surface area contributed by atoms with Gasteiger partial charge in [-0.15, -0.1) is 6.57 Å². The van der Waals surface area contributed by atoms with E-state index in [1.165, 1.54) is 0 Å². The van der Waals surface area contributed by atoms with Gasteiger partial charge in [-0.25, -0.2) is 0 Å². The molecular weight excluding hydrogens is 295 g/mol. The van der Waals surface area contributed by atoms with Crippen molar-refractivity contribution < 1.29 is 0 Å². The molecule has 0 aromatic heterocycles. The van der Waals surface area contributed by atoms with Crippen molar-refractivity contribution >= 4 is 29.8 Å². The van der Waals surface area contributed by atoms with Gasteiger partial charge in [0.1, 0.15) is 0 Å². The summed E-state index contributed by atoms with van der Waals surface area (Å²) in [6.45, 7) is 23.9. The summed E-state index contributed by atoms with van der Waals surface area (Å²) in [5.74, 6) is 0. The van der Waals surface area contributed by atoms with Crippen molar-refractivity contribution in [2.45, 2.75) is 97.4 Å². The van der Waals surface area contributed by atoms with Crippen molar-refractivity contribution in [3.05, 3.63) is 0 Å². The Balaban J connectivity index is 5.88. The van der Waals surface area contributed by atoms with Gasteiger partial charge in [0.05, 0.1) is 23.2 Å². The first-order valence-corrected chi connectivity index (χ1v) is 21.1. The maximum atomic E-state index is 2.78. The molecule has 0 radical (unpaired) electrons. The lowest BCUT2D eigenvalue weighted by Crippen LogP contribution is -2.50. The Labute approximate surface area is 127 Å². The monoisotopic (exact) mass is 334 g/mol. The van der Waals surface area contributed by atoms with Crippen LogP contribution < -0.4 is 0 Å². The smallest absolute Gasteiger partial charge is 0.0696 e. The molecular formula is C15H39PSi3. The normalized spacial score (nSPS) is 14.2. The van der Waals surface area contributed by atoms with Gasteiger partial charge in [0, 0.05) is 0 Å². The van der Waals surface area contributed by atoms with Crippen LogP contribution in [0.4, 0.5) is 0 Å². The first kappa shape index (κ1) is 20.1. The number of hydrogen-bond donors (Lipinski definition) is 0. The van der Waals surface area contributed by atoms with Crippen LogP contribution in [0.2, 0.25) is 55.9 Å². The summed E-state index contributed by atoms with van der Waals surface area (Å²) in [6, 6.07) is 9.25. The van der Waals surface area contributed by atoms with Crippen LogP contribution in [0.15, 0.2) is 0 Å². The molecule has 0 unspecified atom stereocenters. The molecule has 4 heteroatoms. The zero-order valence-corrected chi connectivity index (χ0v) is 19.1. The summed E-state index contributed by atoms with van der Waals surface area (Å²) in [6.07, 6.45) is 0. The van der Waals surface area contributed by atoms with Gasteiger partial charge in [0.15, 0.2) is 0 Å². The van der Waals surface area contributed by atoms with Crippen molar-refractivity contribution in [3.8, 4) is 0 Å². The lowest BCUT2D eigenvalue weighted by molar-refractivity contribution is 1.27. The molecule has 19 heavy (non-hydrogen) atoms. The Morgan fingerprint density at radius 1 is 0.474 bits per heavy atom. The average molecular weight is 335 g/mol. The fraction of sp³-hybridized carbons (Fsp3) is 1.00. The van der Waals surface area contributed by atoms with Crippen molar-refractivity contribution in [1.82, 2.24) is 0 Å². The molecule has 0 atom stereocenters. The fourth-order valence-electron chi connectivity index (χ4n) is 3.65. The Morgan fingerprint density at radius 3 is 0.737 bits per heavy atom. The molecule has 0 N–H and O–H groups in total. The van der Waals surface area contributed by atoms with E-state index in [9.17, 15) is 0 Å². The highest BCUT2D eigenvalue weighted by atomic mass is 31.8. The van der Waals surface area contributed by atoms with Gasteiger partial charge in [-0.2, -0.15) is 0 Å². The van der Waals surface area contributed by atoms with E-state index in [4.69, 9.17) is 0 Å². The van der Waals surface area contributed by atoms with Gasteiger partial charge in [0.2, 0.25) is 0 Å². The lowest BCUT2D eigenvalue weighted by atomic mass is 10.9. The molecule has 0 aliphatic carbocycles. The fourth-order valence-corrected chi connectivity index (χ4v) is 80.6. The molecule has 0 aromatic carbocycles. The molecule has 0 saturated heterocycles. The molecule has 0 aliphatic rings. The van der Waals surface area contributed by atoms with E-state index in [1.54, 1.807) is 36.3 Å². The molecule has 0 nitrogen and oxygen atoms in total. The first-order valence-electron chi connectivity index (χ1n) is 8.53. The summed E-state index contributed by atoms with van der Waals surface area (Å²) in [7, 11) is -2.98. The molecule has 0 bridgehead atoms. The maximum Gasteiger partial charge on any atom is 0.0696 e. The van der Waals surface area contributed by atoms with Crippen LogP contribution in [0.1, 0.15) is 41.5 Å². The van der Waals surface area contributed by atoms with E-state index >= 15 is 0 Å². The third-order valence-electron chi connectivity index (χ3n) is 6.19. The summed E-state index contributed by atoms with van der Waals surface area (Å²) in [4.78, 5) is 0. The van der Waals surface area contributed by atoms with Gasteiger partial charge in [0.25, 0.3) is 0 Å². The minimum atomic E-state index is -0.993. The minimum Gasteiger partial charge on any atom is -0.139 e. The average Bonchev–Trinajstić information content (AvgIpc) is 2.46. The highest BCUT2D eigenvalue weighted by molar-refractivity contribution is 8.37. The van der Waals surface area contributed by atoms with Gasteiger partial charge in [-0.1, -0.05) is 97.4 Å². The number of rotatable bonds is 9. The lowest BCUT2D eigenvalue weighted by Gasteiger charge is -2.54. The molecule has 116 valence electrons. The summed E-state index contributed by atoms with van der Waals surface area (Å²) in [5.41, 5.74) is 0. The predicted octanol–water partition coefficient (Wildman–Crippen LogP) is 7.31. The van der Waals surface area contributed by atoms with Crippen molar-refractivity contribution in [1.29, 1.82) is 0 Å². The summed E-state index contributed by atoms with van der Waals surface area (Å²) < 4.78 is 0. The van der Waals surface area contributed by atoms with Crippen LogP contribution in [0.3, 0.4) is 0 Å². The van der Waals surface area contributed by atoms with Gasteiger partial charge < -0.3 is 0 Å². The van der Waals surface area contributed by atoms with Crippen LogP contribution in [-0.2, 0) is 0 Å². The second kappa shape index (κ2) is 7.91. The van der Waals surface area contributed by atoms with E-state index in [-0.39, 0.29) is 0 Å². The molecule has 0 saturated carbocycles. The van der Waals surface area contributed by atoms with Crippen molar-refractivity contribution in [3.63, 3.8) is 0 Å². The Bertz CT molecular complexity index is 213. The Kier molecular flexibility index (Phi) is 8.36. The first-order chi connectivity index (χ1) is 8.73. The Morgan fingerprint density at radius 2 is 0.632 bits per heavy atom. The molecule has 0 spiro atoms. The Hall–Kier alpha value is 1.08. The van der Waals surface area contributed by atoms with Crippen LogP contribution in [0.5, 0.6) is 0 Å². The SMILES string of the molecule is CC[Si](C)(CC)P([Si](C)(CC)CC)[Si](C)(CC)CC. The topological polar surface area (TPSA) is 0 Å². The second-order valence-corrected chi connectivity index (χ2v) is 38.6. The third-order valence-corrected chi connectivity index (χ3v) is 63.1. The third kappa shape index (κ3) is 4.05. The van der Waals surface area contributed by atoms with Crippen LogP contribution in [0.25, 0.3) is 0 Å². The largest absolute Gasteiger partial charge is 0.139 e. The van der Waals surface area contributed by atoms with E-state index < -0.39 is 23.2 Å². The summed E-state index contributed by atoms with van der Waals surface area (Å²) in [5, 5.41) is 0. The van der Waals surface area contributed by atoms with Crippen LogP contribution in [-0.4, -0.2) is 23.2 Å². The van der Waals surface area contributed by atoms with Crippen molar-refractivity contribution in [2.24, 2.45) is 0 Å². The summed E-state index contributed by atoms with van der Waals surface area (Å²) >= 11 is 0. The zero-order chi connectivity index (χ0) is 15.3. The molecule has 0 heterocycles. The van der Waals surface area contributed by atoms with E-state index in [2.05, 4.69) is 61.2 Å². The van der Waals surface area contributed by atoms with E-state index in [1.807, 2.05) is 0 Å². The quantitative estimate of drug-likeness (QED) is 0.306. The molecule has 0 rings (SSSR count). The van der Waals surface area contributed by atoms with Crippen LogP contribution in [0, 0.1) is 0 Å². The van der Waals surface area contributed by atoms with E-state index in [0.717, 1.165) is 0 Å². The zero-order valence-electron chi connectivity index (χ0n) is 15.2. The highest BCUT2D eigenvalue weighted by Gasteiger charge is 2.52. The van der Waals surface area contributed by atoms with Crippen molar-refractivity contribution in [2.75, 3.05) is 0 Å². The standard InChI is InChI=1S/C15H39PSi3/c1-10-17(7,11-2)16(18(8,12-3)13-4)19(9,14-5)15-6/h10-15H2,1-9H3. The predicted molar refractivity (Wildman–Crippen MR) is 105 cm³/mol. The molecule has 0 aromatic rings. The number of hydrogen-bond acceptors (Lipinski definition) is 0. The molecule has 0 amide bonds. The second-order valence-electron chi connectivity index (χ2n) is 6.95. The highest BCUT2D eigenvalue weighted by Crippen LogP contribution is 2.67. The van der Waals surface area contributed by atoms with Crippen LogP contribution >= 0.6 is 6.57 Å².